The average Bonchev–Trinajstić information content (AvgIpc) is 2.37. The molecule has 1 aromatic rings. The summed E-state index contributed by atoms with van der Waals surface area (Å²) in [5.74, 6) is -0.0341. The van der Waals surface area contributed by atoms with E-state index in [-0.39, 0.29) is 12.2 Å². The lowest BCUT2D eigenvalue weighted by atomic mass is 10.0. The minimum absolute atomic E-state index is 0.0341. The fourth-order valence-electron chi connectivity index (χ4n) is 1.99. The minimum atomic E-state index is -3.35. The third-order valence-corrected chi connectivity index (χ3v) is 4.29. The Morgan fingerprint density at radius 1 is 1.31 bits per heavy atom. The first kappa shape index (κ1) is 11.1. The maximum Gasteiger partial charge on any atom is 0.200 e. The molecule has 0 aromatic heterocycles. The lowest BCUT2D eigenvalue weighted by Gasteiger charge is -2.06. The molecule has 1 heterocycles. The van der Waals surface area contributed by atoms with Crippen LogP contribution in [0.2, 0.25) is 0 Å². The normalized spacial score (nSPS) is 16.8. The van der Waals surface area contributed by atoms with Crippen LogP contribution in [-0.4, -0.2) is 14.2 Å². The van der Waals surface area contributed by atoms with Crippen LogP contribution < -0.4 is 0 Å². The number of carbonyl (C=O) groups excluding carboxylic acids is 1. The summed E-state index contributed by atoms with van der Waals surface area (Å²) in [5.41, 5.74) is 2.05. The van der Waals surface area contributed by atoms with Crippen molar-refractivity contribution in [2.45, 2.75) is 25.2 Å². The molecular formula is C12H12O3S. The predicted octanol–water partition coefficient (Wildman–Crippen LogP) is 1.97. The maximum absolute atomic E-state index is 11.9. The Kier molecular flexibility index (Phi) is 2.46. The van der Waals surface area contributed by atoms with Gasteiger partial charge in [0.15, 0.2) is 0 Å². The van der Waals surface area contributed by atoms with Crippen molar-refractivity contribution in [2.75, 3.05) is 0 Å². The number of fused-ring (bicyclic) bond motifs is 1. The topological polar surface area (TPSA) is 51.2 Å². The summed E-state index contributed by atoms with van der Waals surface area (Å²) >= 11 is 0. The monoisotopic (exact) mass is 236 g/mol. The van der Waals surface area contributed by atoms with Gasteiger partial charge in [0.05, 0.1) is 4.90 Å². The number of carbonyl (C=O) groups is 1. The van der Waals surface area contributed by atoms with Crippen molar-refractivity contribution < 1.29 is 13.2 Å². The highest BCUT2D eigenvalue weighted by molar-refractivity contribution is 7.95. The van der Waals surface area contributed by atoms with Gasteiger partial charge in [-0.3, -0.25) is 4.79 Å². The van der Waals surface area contributed by atoms with Crippen LogP contribution in [0.15, 0.2) is 28.5 Å². The predicted molar refractivity (Wildman–Crippen MR) is 61.7 cm³/mol. The fraction of sp³-hybridized carbons (Fsp3) is 0.250. The van der Waals surface area contributed by atoms with Gasteiger partial charge in [-0.25, -0.2) is 8.42 Å². The second-order valence-electron chi connectivity index (χ2n) is 4.02. The van der Waals surface area contributed by atoms with Crippen LogP contribution in [0.1, 0.15) is 25.0 Å². The number of hydrogen-bond acceptors (Lipinski definition) is 3. The Hall–Kier alpha value is -1.42. The first-order valence-electron chi connectivity index (χ1n) is 4.97. The van der Waals surface area contributed by atoms with Crippen molar-refractivity contribution in [3.63, 3.8) is 0 Å². The van der Waals surface area contributed by atoms with E-state index in [2.05, 4.69) is 0 Å². The van der Waals surface area contributed by atoms with Crippen molar-refractivity contribution in [3.8, 4) is 0 Å². The number of allylic oxidation sites excluding steroid dienone is 1. The van der Waals surface area contributed by atoms with Gasteiger partial charge in [0.1, 0.15) is 5.78 Å². The van der Waals surface area contributed by atoms with Gasteiger partial charge < -0.3 is 0 Å². The molecule has 0 amide bonds. The van der Waals surface area contributed by atoms with Gasteiger partial charge in [-0.2, -0.15) is 0 Å². The minimum Gasteiger partial charge on any atom is -0.300 e. The molecule has 4 heteroatoms. The number of rotatable bonds is 2. The van der Waals surface area contributed by atoms with Gasteiger partial charge in [0.25, 0.3) is 0 Å². The molecule has 1 aromatic carbocycles. The standard InChI is InChI=1S/C12H12O3S/c1-8-7-16(14,15)12-10(6-9(2)13)4-3-5-11(8)12/h3-5,7H,6H2,1-2H3. The molecule has 0 aliphatic carbocycles. The summed E-state index contributed by atoms with van der Waals surface area (Å²) < 4.78 is 23.8. The van der Waals surface area contributed by atoms with Gasteiger partial charge >= 0.3 is 0 Å². The molecule has 2 rings (SSSR count). The third kappa shape index (κ3) is 1.69. The molecule has 0 atom stereocenters. The summed E-state index contributed by atoms with van der Waals surface area (Å²) in [6.45, 7) is 3.22. The lowest BCUT2D eigenvalue weighted by Crippen LogP contribution is -2.04. The zero-order valence-corrected chi connectivity index (χ0v) is 9.97. The SMILES string of the molecule is CC(=O)Cc1cccc2c1S(=O)(=O)C=C2C. The Labute approximate surface area is 94.7 Å². The smallest absolute Gasteiger partial charge is 0.200 e. The van der Waals surface area contributed by atoms with E-state index >= 15 is 0 Å². The van der Waals surface area contributed by atoms with Crippen molar-refractivity contribution in [3.05, 3.63) is 34.7 Å². The molecule has 1 aliphatic rings. The second kappa shape index (κ2) is 3.56. The third-order valence-electron chi connectivity index (χ3n) is 2.58. The average molecular weight is 236 g/mol. The molecule has 0 saturated carbocycles. The molecule has 1 aliphatic heterocycles. The van der Waals surface area contributed by atoms with E-state index in [1.807, 2.05) is 0 Å². The fourth-order valence-corrected chi connectivity index (χ4v) is 3.75. The van der Waals surface area contributed by atoms with Crippen LogP contribution in [-0.2, 0) is 21.1 Å². The van der Waals surface area contributed by atoms with Gasteiger partial charge in [0, 0.05) is 11.8 Å². The summed E-state index contributed by atoms with van der Waals surface area (Å²) in [4.78, 5) is 11.4. The van der Waals surface area contributed by atoms with E-state index in [9.17, 15) is 13.2 Å². The van der Waals surface area contributed by atoms with Crippen molar-refractivity contribution >= 4 is 21.2 Å². The molecule has 16 heavy (non-hydrogen) atoms. The molecule has 0 saturated heterocycles. The first-order chi connectivity index (χ1) is 7.42. The Morgan fingerprint density at radius 2 is 2.00 bits per heavy atom. The van der Waals surface area contributed by atoms with Crippen LogP contribution in [0, 0.1) is 0 Å². The summed E-state index contributed by atoms with van der Waals surface area (Å²) in [6, 6.07) is 5.26. The Balaban J connectivity index is 2.68. The zero-order valence-electron chi connectivity index (χ0n) is 9.15. The number of Topliss-reactive ketones (excluding diaryl/α,β-unsaturated/α-hetero) is 1. The summed E-state index contributed by atoms with van der Waals surface area (Å²) in [5, 5.41) is 1.27. The van der Waals surface area contributed by atoms with Crippen LogP contribution in [0.5, 0.6) is 0 Å². The molecule has 0 spiro atoms. The van der Waals surface area contributed by atoms with E-state index in [0.717, 1.165) is 11.1 Å². The molecule has 0 unspecified atom stereocenters. The highest BCUT2D eigenvalue weighted by Gasteiger charge is 2.27. The highest BCUT2D eigenvalue weighted by atomic mass is 32.2. The van der Waals surface area contributed by atoms with Crippen molar-refractivity contribution in [1.82, 2.24) is 0 Å². The number of ketones is 1. The number of benzene rings is 1. The molecular weight excluding hydrogens is 224 g/mol. The van der Waals surface area contributed by atoms with Crippen LogP contribution in [0.3, 0.4) is 0 Å². The first-order valence-corrected chi connectivity index (χ1v) is 6.51. The summed E-state index contributed by atoms with van der Waals surface area (Å²) in [7, 11) is -3.35. The van der Waals surface area contributed by atoms with Gasteiger partial charge in [-0.05, 0) is 30.5 Å². The molecule has 0 bridgehead atoms. The van der Waals surface area contributed by atoms with Gasteiger partial charge in [-0.1, -0.05) is 18.2 Å². The number of hydrogen-bond donors (Lipinski definition) is 0. The zero-order chi connectivity index (χ0) is 11.9. The molecule has 0 radical (unpaired) electrons. The van der Waals surface area contributed by atoms with Crippen LogP contribution in [0.25, 0.3) is 5.57 Å². The largest absolute Gasteiger partial charge is 0.300 e. The summed E-state index contributed by atoms with van der Waals surface area (Å²) in [6.07, 6.45) is 0.170. The molecule has 0 fully saturated rings. The van der Waals surface area contributed by atoms with E-state index in [1.54, 1.807) is 25.1 Å². The molecule has 0 N–H and O–H groups in total. The second-order valence-corrected chi connectivity index (χ2v) is 5.75. The van der Waals surface area contributed by atoms with Gasteiger partial charge in [0.2, 0.25) is 9.84 Å². The Bertz CT molecular complexity index is 595. The quantitative estimate of drug-likeness (QED) is 0.788. The lowest BCUT2D eigenvalue weighted by molar-refractivity contribution is -0.116. The van der Waals surface area contributed by atoms with Crippen LogP contribution in [0.4, 0.5) is 0 Å². The Morgan fingerprint density at radius 3 is 2.62 bits per heavy atom. The van der Waals surface area contributed by atoms with E-state index in [0.29, 0.717) is 10.5 Å². The van der Waals surface area contributed by atoms with Crippen molar-refractivity contribution in [1.29, 1.82) is 0 Å². The molecule has 84 valence electrons. The van der Waals surface area contributed by atoms with Crippen LogP contribution >= 0.6 is 0 Å². The van der Waals surface area contributed by atoms with E-state index in [4.69, 9.17) is 0 Å². The number of sulfone groups is 1. The van der Waals surface area contributed by atoms with Crippen molar-refractivity contribution in [2.24, 2.45) is 0 Å². The highest BCUT2D eigenvalue weighted by Crippen LogP contribution is 2.35. The van der Waals surface area contributed by atoms with E-state index in [1.165, 1.54) is 12.3 Å². The van der Waals surface area contributed by atoms with Gasteiger partial charge in [-0.15, -0.1) is 0 Å². The van der Waals surface area contributed by atoms with E-state index < -0.39 is 9.84 Å². The maximum atomic E-state index is 11.9. The molecule has 3 nitrogen and oxygen atoms in total.